The number of nitrogens with zero attached hydrogens (tertiary/aromatic N) is 1. The Labute approximate surface area is 126 Å². The van der Waals surface area contributed by atoms with Crippen LogP contribution in [0.1, 0.15) is 24.1 Å². The molecule has 0 atom stereocenters. The number of nitrogens with one attached hydrogen (secondary N) is 1. The average Bonchev–Trinajstić information content (AvgIpc) is 2.97. The van der Waals surface area contributed by atoms with Crippen molar-refractivity contribution in [1.82, 2.24) is 9.62 Å². The van der Waals surface area contributed by atoms with Crippen molar-refractivity contribution < 1.29 is 8.42 Å². The van der Waals surface area contributed by atoms with Gasteiger partial charge in [0.25, 0.3) is 0 Å². The molecular weight excluding hydrogens is 292 g/mol. The van der Waals surface area contributed by atoms with Crippen molar-refractivity contribution in [2.24, 2.45) is 5.92 Å². The topological polar surface area (TPSA) is 49.4 Å². The number of sulfonamides is 1. The zero-order valence-electron chi connectivity index (χ0n) is 12.0. The Morgan fingerprint density at radius 1 is 1.40 bits per heavy atom. The zero-order valence-corrected chi connectivity index (χ0v) is 13.7. The van der Waals surface area contributed by atoms with Crippen molar-refractivity contribution in [2.45, 2.75) is 25.7 Å². The highest BCUT2D eigenvalue weighted by Gasteiger charge is 2.27. The number of piperidine rings is 1. The van der Waals surface area contributed by atoms with Gasteiger partial charge in [0.1, 0.15) is 0 Å². The standard InChI is InChI=1S/C14H24N2O2S2/c1-15-8-4-13-5-9-16(10-6-13)20(17,18)12-7-14-3-2-11-19-14/h2-3,11,13,15H,4-10,12H2,1H3. The molecule has 1 saturated heterocycles. The smallest absolute Gasteiger partial charge is 0.214 e. The van der Waals surface area contributed by atoms with Gasteiger partial charge in [-0.1, -0.05) is 6.07 Å². The van der Waals surface area contributed by atoms with Gasteiger partial charge in [-0.15, -0.1) is 11.3 Å². The van der Waals surface area contributed by atoms with Gasteiger partial charge < -0.3 is 5.32 Å². The van der Waals surface area contributed by atoms with E-state index in [1.165, 1.54) is 0 Å². The highest BCUT2D eigenvalue weighted by atomic mass is 32.2. The summed E-state index contributed by atoms with van der Waals surface area (Å²) >= 11 is 1.63. The third-order valence-electron chi connectivity index (χ3n) is 3.96. The van der Waals surface area contributed by atoms with Crippen molar-refractivity contribution in [1.29, 1.82) is 0 Å². The van der Waals surface area contributed by atoms with Crippen LogP contribution in [-0.2, 0) is 16.4 Å². The molecule has 0 saturated carbocycles. The third-order valence-corrected chi connectivity index (χ3v) is 6.76. The predicted molar refractivity (Wildman–Crippen MR) is 84.7 cm³/mol. The van der Waals surface area contributed by atoms with Crippen LogP contribution < -0.4 is 5.32 Å². The third kappa shape index (κ3) is 4.55. The van der Waals surface area contributed by atoms with Crippen LogP contribution >= 0.6 is 11.3 Å². The molecule has 2 rings (SSSR count). The fourth-order valence-electron chi connectivity index (χ4n) is 2.64. The molecule has 1 aliphatic rings. The van der Waals surface area contributed by atoms with Crippen molar-refractivity contribution in [3.8, 4) is 0 Å². The number of rotatable bonds is 7. The van der Waals surface area contributed by atoms with E-state index in [1.54, 1.807) is 15.6 Å². The minimum atomic E-state index is -3.08. The fourth-order valence-corrected chi connectivity index (χ4v) is 4.98. The molecule has 0 aliphatic carbocycles. The van der Waals surface area contributed by atoms with E-state index in [9.17, 15) is 8.42 Å². The van der Waals surface area contributed by atoms with Gasteiger partial charge in [0.2, 0.25) is 10.0 Å². The maximum Gasteiger partial charge on any atom is 0.214 e. The quantitative estimate of drug-likeness (QED) is 0.836. The predicted octanol–water partition coefficient (Wildman–Crippen LogP) is 1.94. The summed E-state index contributed by atoms with van der Waals surface area (Å²) in [5.74, 6) is 0.917. The molecule has 0 spiro atoms. The van der Waals surface area contributed by atoms with E-state index < -0.39 is 10.0 Å². The van der Waals surface area contributed by atoms with E-state index in [0.29, 0.717) is 25.4 Å². The molecule has 1 N–H and O–H groups in total. The minimum absolute atomic E-state index is 0.245. The van der Waals surface area contributed by atoms with Crippen LogP contribution in [-0.4, -0.2) is 45.2 Å². The lowest BCUT2D eigenvalue weighted by Crippen LogP contribution is -2.40. The Kier molecular flexibility index (Phi) is 6.01. The molecule has 114 valence electrons. The first-order valence-electron chi connectivity index (χ1n) is 7.26. The fraction of sp³-hybridized carbons (Fsp3) is 0.714. The van der Waals surface area contributed by atoms with E-state index in [4.69, 9.17) is 0 Å². The Bertz CT molecular complexity index is 477. The summed E-state index contributed by atoms with van der Waals surface area (Å²) in [6.45, 7) is 2.41. The van der Waals surface area contributed by atoms with Gasteiger partial charge in [-0.05, 0) is 56.6 Å². The highest BCUT2D eigenvalue weighted by Crippen LogP contribution is 2.22. The van der Waals surface area contributed by atoms with Gasteiger partial charge in [-0.2, -0.15) is 0 Å². The maximum absolute atomic E-state index is 12.3. The number of thiophene rings is 1. The first-order valence-corrected chi connectivity index (χ1v) is 9.75. The van der Waals surface area contributed by atoms with E-state index in [2.05, 4.69) is 5.32 Å². The second kappa shape index (κ2) is 7.54. The molecule has 1 aromatic rings. The molecule has 0 bridgehead atoms. The molecule has 2 heterocycles. The molecular formula is C14H24N2O2S2. The number of hydrogen-bond acceptors (Lipinski definition) is 4. The second-order valence-corrected chi connectivity index (χ2v) is 8.50. The molecule has 6 heteroatoms. The van der Waals surface area contributed by atoms with E-state index >= 15 is 0 Å². The summed E-state index contributed by atoms with van der Waals surface area (Å²) in [6.07, 6.45) is 3.79. The van der Waals surface area contributed by atoms with Gasteiger partial charge in [0.15, 0.2) is 0 Å². The molecule has 0 amide bonds. The van der Waals surface area contributed by atoms with Gasteiger partial charge >= 0.3 is 0 Å². The Hall–Kier alpha value is -0.430. The molecule has 0 radical (unpaired) electrons. The SMILES string of the molecule is CNCCC1CCN(S(=O)(=O)CCc2cccs2)CC1. The second-order valence-electron chi connectivity index (χ2n) is 5.38. The average molecular weight is 316 g/mol. The van der Waals surface area contributed by atoms with E-state index in [1.807, 2.05) is 24.6 Å². The van der Waals surface area contributed by atoms with Crippen LogP contribution in [0.25, 0.3) is 0 Å². The molecule has 4 nitrogen and oxygen atoms in total. The Morgan fingerprint density at radius 3 is 2.75 bits per heavy atom. The van der Waals surface area contributed by atoms with Crippen LogP contribution in [0, 0.1) is 5.92 Å². The van der Waals surface area contributed by atoms with Crippen molar-refractivity contribution in [3.63, 3.8) is 0 Å². The molecule has 20 heavy (non-hydrogen) atoms. The van der Waals surface area contributed by atoms with Crippen molar-refractivity contribution in [3.05, 3.63) is 22.4 Å². The van der Waals surface area contributed by atoms with Gasteiger partial charge in [-0.25, -0.2) is 12.7 Å². The van der Waals surface area contributed by atoms with Gasteiger partial charge in [0.05, 0.1) is 5.75 Å². The summed E-state index contributed by atoms with van der Waals surface area (Å²) in [4.78, 5) is 1.15. The molecule has 1 aliphatic heterocycles. The van der Waals surface area contributed by atoms with E-state index in [-0.39, 0.29) is 5.75 Å². The van der Waals surface area contributed by atoms with Crippen molar-refractivity contribution >= 4 is 21.4 Å². The molecule has 0 unspecified atom stereocenters. The first kappa shape index (κ1) is 15.9. The highest BCUT2D eigenvalue weighted by molar-refractivity contribution is 7.89. The zero-order chi connectivity index (χ0) is 14.4. The molecule has 1 aromatic heterocycles. The van der Waals surface area contributed by atoms with Crippen LogP contribution in [0.3, 0.4) is 0 Å². The Morgan fingerprint density at radius 2 is 2.15 bits per heavy atom. The largest absolute Gasteiger partial charge is 0.320 e. The summed E-state index contributed by atoms with van der Waals surface area (Å²) in [6, 6.07) is 3.98. The lowest BCUT2D eigenvalue weighted by molar-refractivity contribution is 0.263. The summed E-state index contributed by atoms with van der Waals surface area (Å²) < 4.78 is 26.3. The van der Waals surface area contributed by atoms with Crippen LogP contribution in [0.5, 0.6) is 0 Å². The molecule has 1 fully saturated rings. The number of hydrogen-bond donors (Lipinski definition) is 1. The van der Waals surface area contributed by atoms with E-state index in [0.717, 1.165) is 30.7 Å². The lowest BCUT2D eigenvalue weighted by Gasteiger charge is -2.31. The maximum atomic E-state index is 12.3. The van der Waals surface area contributed by atoms with Gasteiger partial charge in [-0.3, -0.25) is 0 Å². The Balaban J connectivity index is 1.79. The lowest BCUT2D eigenvalue weighted by atomic mass is 9.95. The van der Waals surface area contributed by atoms with Crippen LogP contribution in [0.15, 0.2) is 17.5 Å². The van der Waals surface area contributed by atoms with Crippen LogP contribution in [0.2, 0.25) is 0 Å². The first-order chi connectivity index (χ1) is 9.62. The normalized spacial score (nSPS) is 18.4. The van der Waals surface area contributed by atoms with Crippen LogP contribution in [0.4, 0.5) is 0 Å². The summed E-state index contributed by atoms with van der Waals surface area (Å²) in [7, 11) is -1.12. The molecule has 0 aromatic carbocycles. The monoisotopic (exact) mass is 316 g/mol. The minimum Gasteiger partial charge on any atom is -0.320 e. The number of aryl methyl sites for hydroxylation is 1. The van der Waals surface area contributed by atoms with Gasteiger partial charge in [0, 0.05) is 18.0 Å². The summed E-state index contributed by atoms with van der Waals surface area (Å²) in [5.41, 5.74) is 0. The van der Waals surface area contributed by atoms with Crippen molar-refractivity contribution in [2.75, 3.05) is 32.4 Å². The summed E-state index contributed by atoms with van der Waals surface area (Å²) in [5, 5.41) is 5.16.